The first-order valence-corrected chi connectivity index (χ1v) is 9.80. The first kappa shape index (κ1) is 18.3. The van der Waals surface area contributed by atoms with Crippen molar-refractivity contribution in [2.45, 2.75) is 89.9 Å². The molecule has 2 fully saturated rings. The molecule has 0 aliphatic heterocycles. The largest absolute Gasteiger partial charge is 0.481 e. The molecule has 2 aliphatic carbocycles. The number of nitriles is 1. The average molecular weight is 319 g/mol. The molecule has 0 bridgehead atoms. The Labute approximate surface area is 141 Å². The van der Waals surface area contributed by atoms with Crippen molar-refractivity contribution in [3.63, 3.8) is 0 Å². The van der Waals surface area contributed by atoms with Crippen LogP contribution < -0.4 is 0 Å². The van der Waals surface area contributed by atoms with E-state index in [0.717, 1.165) is 43.4 Å². The molecule has 23 heavy (non-hydrogen) atoms. The predicted octanol–water partition coefficient (Wildman–Crippen LogP) is 5.55. The van der Waals surface area contributed by atoms with Crippen LogP contribution in [0, 0.1) is 35.0 Å². The molecule has 1 N–H and O–H groups in total. The Morgan fingerprint density at radius 3 is 2.00 bits per heavy atom. The van der Waals surface area contributed by atoms with E-state index in [-0.39, 0.29) is 0 Å². The van der Waals surface area contributed by atoms with Gasteiger partial charge in [0.1, 0.15) is 0 Å². The number of rotatable bonds is 8. The summed E-state index contributed by atoms with van der Waals surface area (Å²) in [6, 6.07) is 2.45. The number of aliphatic carboxylic acids is 1. The Bertz CT molecular complexity index is 385. The molecule has 2 aliphatic rings. The Morgan fingerprint density at radius 1 is 0.870 bits per heavy atom. The van der Waals surface area contributed by atoms with E-state index in [1.165, 1.54) is 57.8 Å². The molecule has 0 aromatic carbocycles. The number of nitrogens with zero attached hydrogens (tertiary/aromatic N) is 1. The summed E-state index contributed by atoms with van der Waals surface area (Å²) in [7, 11) is 0. The van der Waals surface area contributed by atoms with E-state index in [9.17, 15) is 4.79 Å². The van der Waals surface area contributed by atoms with Crippen LogP contribution in [0.5, 0.6) is 0 Å². The van der Waals surface area contributed by atoms with E-state index >= 15 is 0 Å². The predicted molar refractivity (Wildman–Crippen MR) is 91.8 cm³/mol. The summed E-state index contributed by atoms with van der Waals surface area (Å²) >= 11 is 0. The third-order valence-corrected chi connectivity index (χ3v) is 6.27. The van der Waals surface area contributed by atoms with E-state index in [1.54, 1.807) is 0 Å². The van der Waals surface area contributed by atoms with E-state index < -0.39 is 5.97 Å². The maximum absolute atomic E-state index is 10.5. The number of unbranched alkanes of at least 4 members (excludes halogenated alkanes) is 3. The molecular weight excluding hydrogens is 286 g/mol. The Kier molecular flexibility index (Phi) is 7.92. The minimum atomic E-state index is -0.660. The fourth-order valence-corrected chi connectivity index (χ4v) is 4.73. The number of carboxylic acid groups (broad SMARTS) is 1. The molecule has 0 heterocycles. The minimum absolute atomic E-state index is 0.332. The van der Waals surface area contributed by atoms with Gasteiger partial charge in [0, 0.05) is 12.3 Å². The molecule has 3 nitrogen and oxygen atoms in total. The van der Waals surface area contributed by atoms with Crippen molar-refractivity contribution in [1.82, 2.24) is 0 Å². The zero-order valence-electron chi connectivity index (χ0n) is 14.5. The highest BCUT2D eigenvalue weighted by molar-refractivity contribution is 5.66. The lowest BCUT2D eigenvalue weighted by Crippen LogP contribution is -2.25. The molecule has 2 saturated carbocycles. The van der Waals surface area contributed by atoms with Crippen LogP contribution in [0.1, 0.15) is 89.9 Å². The summed E-state index contributed by atoms with van der Waals surface area (Å²) in [6.45, 7) is 0. The van der Waals surface area contributed by atoms with Gasteiger partial charge < -0.3 is 5.11 Å². The second-order valence-electron chi connectivity index (χ2n) is 7.87. The molecule has 3 heteroatoms. The molecule has 0 radical (unpaired) electrons. The van der Waals surface area contributed by atoms with Crippen LogP contribution in [0.15, 0.2) is 0 Å². The van der Waals surface area contributed by atoms with E-state index in [1.807, 2.05) is 0 Å². The highest BCUT2D eigenvalue weighted by Gasteiger charge is 2.30. The highest BCUT2D eigenvalue weighted by atomic mass is 16.4. The maximum atomic E-state index is 10.5. The van der Waals surface area contributed by atoms with Crippen LogP contribution in [0.3, 0.4) is 0 Å². The molecule has 0 amide bonds. The Hall–Kier alpha value is -1.04. The van der Waals surface area contributed by atoms with Gasteiger partial charge in [0.25, 0.3) is 0 Å². The first-order valence-electron chi connectivity index (χ1n) is 9.80. The van der Waals surface area contributed by atoms with Crippen molar-refractivity contribution in [2.75, 3.05) is 0 Å². The topological polar surface area (TPSA) is 61.1 Å². The molecule has 0 saturated heterocycles. The van der Waals surface area contributed by atoms with Gasteiger partial charge in [-0.2, -0.15) is 5.26 Å². The van der Waals surface area contributed by atoms with Crippen molar-refractivity contribution in [3.05, 3.63) is 0 Å². The second-order valence-corrected chi connectivity index (χ2v) is 7.87. The monoisotopic (exact) mass is 319 g/mol. The molecule has 0 spiro atoms. The smallest absolute Gasteiger partial charge is 0.303 e. The van der Waals surface area contributed by atoms with Crippen molar-refractivity contribution < 1.29 is 9.90 Å². The van der Waals surface area contributed by atoms with Gasteiger partial charge in [-0.3, -0.25) is 4.79 Å². The first-order chi connectivity index (χ1) is 11.2. The molecule has 0 aromatic heterocycles. The zero-order valence-corrected chi connectivity index (χ0v) is 14.5. The van der Waals surface area contributed by atoms with Crippen molar-refractivity contribution in [2.24, 2.45) is 23.7 Å². The van der Waals surface area contributed by atoms with Crippen LogP contribution in [-0.4, -0.2) is 11.1 Å². The summed E-state index contributed by atoms with van der Waals surface area (Å²) < 4.78 is 0. The van der Waals surface area contributed by atoms with Gasteiger partial charge in [-0.25, -0.2) is 0 Å². The average Bonchev–Trinajstić information content (AvgIpc) is 2.58. The van der Waals surface area contributed by atoms with Crippen LogP contribution in [0.2, 0.25) is 0 Å². The number of hydrogen-bond donors (Lipinski definition) is 1. The van der Waals surface area contributed by atoms with Crippen molar-refractivity contribution >= 4 is 5.97 Å². The molecule has 130 valence electrons. The van der Waals surface area contributed by atoms with Gasteiger partial charge in [0.05, 0.1) is 6.07 Å². The van der Waals surface area contributed by atoms with E-state index in [2.05, 4.69) is 6.07 Å². The van der Waals surface area contributed by atoms with Crippen LogP contribution >= 0.6 is 0 Å². The minimum Gasteiger partial charge on any atom is -0.481 e. The second kappa shape index (κ2) is 9.96. The van der Waals surface area contributed by atoms with Gasteiger partial charge in [-0.05, 0) is 62.7 Å². The molecule has 2 rings (SSSR count). The number of carbonyl (C=O) groups is 1. The third kappa shape index (κ3) is 6.53. The summed E-state index contributed by atoms with van der Waals surface area (Å²) in [5.41, 5.74) is 0. The SMILES string of the molecule is N#CC1CCC(C2CCC(CCCCCCC(=O)O)CC2)CC1. The Balaban J connectivity index is 1.52. The fraction of sp³-hybridized carbons (Fsp3) is 0.900. The molecule has 0 atom stereocenters. The van der Waals surface area contributed by atoms with Gasteiger partial charge in [-0.15, -0.1) is 0 Å². The number of hydrogen-bond acceptors (Lipinski definition) is 2. The lowest BCUT2D eigenvalue weighted by atomic mass is 9.69. The fourth-order valence-electron chi connectivity index (χ4n) is 4.73. The van der Waals surface area contributed by atoms with Crippen molar-refractivity contribution in [3.8, 4) is 6.07 Å². The summed E-state index contributed by atoms with van der Waals surface area (Å²) in [6.07, 6.45) is 16.5. The zero-order chi connectivity index (χ0) is 16.5. The summed E-state index contributed by atoms with van der Waals surface area (Å²) in [4.78, 5) is 10.5. The number of carboxylic acids is 1. The Morgan fingerprint density at radius 2 is 1.43 bits per heavy atom. The molecule has 0 unspecified atom stereocenters. The van der Waals surface area contributed by atoms with Crippen LogP contribution in [-0.2, 0) is 4.79 Å². The van der Waals surface area contributed by atoms with E-state index in [4.69, 9.17) is 10.4 Å². The quantitative estimate of drug-likeness (QED) is 0.597. The highest BCUT2D eigenvalue weighted by Crippen LogP contribution is 2.42. The van der Waals surface area contributed by atoms with E-state index in [0.29, 0.717) is 12.3 Å². The van der Waals surface area contributed by atoms with Crippen LogP contribution in [0.25, 0.3) is 0 Å². The summed E-state index contributed by atoms with van der Waals surface area (Å²) in [5, 5.41) is 17.6. The normalized spacial score (nSPS) is 31.4. The molecular formula is C20H33NO2. The standard InChI is InChI=1S/C20H33NO2/c21-15-17-9-13-19(14-10-17)18-11-7-16(8-12-18)5-3-1-2-4-6-20(22)23/h16-19H,1-14H2,(H,22,23). The van der Waals surface area contributed by atoms with Crippen molar-refractivity contribution in [1.29, 1.82) is 5.26 Å². The van der Waals surface area contributed by atoms with Crippen LogP contribution in [0.4, 0.5) is 0 Å². The van der Waals surface area contributed by atoms with Gasteiger partial charge >= 0.3 is 5.97 Å². The van der Waals surface area contributed by atoms with Gasteiger partial charge in [-0.1, -0.05) is 38.5 Å². The molecule has 0 aromatic rings. The third-order valence-electron chi connectivity index (χ3n) is 6.27. The maximum Gasteiger partial charge on any atom is 0.303 e. The van der Waals surface area contributed by atoms with Gasteiger partial charge in [0.2, 0.25) is 0 Å². The lowest BCUT2D eigenvalue weighted by molar-refractivity contribution is -0.137. The lowest BCUT2D eigenvalue weighted by Gasteiger charge is -2.36. The van der Waals surface area contributed by atoms with Gasteiger partial charge in [0.15, 0.2) is 0 Å². The summed E-state index contributed by atoms with van der Waals surface area (Å²) in [5.74, 6) is 2.43.